The van der Waals surface area contributed by atoms with Crippen LogP contribution in [0.15, 0.2) is 24.3 Å². The highest BCUT2D eigenvalue weighted by atomic mass is 16.2. The van der Waals surface area contributed by atoms with Crippen LogP contribution in [0.2, 0.25) is 0 Å². The Labute approximate surface area is 126 Å². The Hall–Kier alpha value is -1.68. The van der Waals surface area contributed by atoms with Crippen LogP contribution in [0.1, 0.15) is 50.4 Å². The Morgan fingerprint density at radius 3 is 2.24 bits per heavy atom. The number of Topliss-reactive ketones (excluding diaryl/α,β-unsaturated/α-hetero) is 1. The van der Waals surface area contributed by atoms with Crippen molar-refractivity contribution < 1.29 is 9.59 Å². The molecular formula is C17H24N2O2. The molecule has 0 aliphatic carbocycles. The molecule has 1 fully saturated rings. The number of carbonyl (C=O) groups excluding carboxylic acids is 2. The lowest BCUT2D eigenvalue weighted by Gasteiger charge is -2.38. The van der Waals surface area contributed by atoms with E-state index < -0.39 is 0 Å². The topological polar surface area (TPSA) is 49.4 Å². The summed E-state index contributed by atoms with van der Waals surface area (Å²) in [6.45, 7) is 6.33. The molecular weight excluding hydrogens is 264 g/mol. The highest BCUT2D eigenvalue weighted by Crippen LogP contribution is 2.22. The molecule has 0 radical (unpaired) electrons. The van der Waals surface area contributed by atoms with Crippen molar-refractivity contribution in [1.29, 1.82) is 0 Å². The number of benzene rings is 1. The fourth-order valence-electron chi connectivity index (χ4n) is 2.94. The number of hydrogen-bond acceptors (Lipinski definition) is 3. The fraction of sp³-hybridized carbons (Fsp3) is 0.529. The maximum Gasteiger partial charge on any atom is 0.238 e. The lowest BCUT2D eigenvalue weighted by atomic mass is 9.97. The lowest BCUT2D eigenvalue weighted by molar-refractivity contribution is -0.118. The highest BCUT2D eigenvalue weighted by Gasteiger charge is 2.26. The smallest absolute Gasteiger partial charge is 0.238 e. The third-order valence-corrected chi connectivity index (χ3v) is 4.28. The zero-order valence-corrected chi connectivity index (χ0v) is 13.1. The summed E-state index contributed by atoms with van der Waals surface area (Å²) in [5, 5.41) is 2.90. The van der Waals surface area contributed by atoms with Crippen molar-refractivity contribution in [3.05, 3.63) is 29.8 Å². The summed E-state index contributed by atoms with van der Waals surface area (Å²) in [6, 6.07) is 7.95. The highest BCUT2D eigenvalue weighted by molar-refractivity contribution is 5.96. The molecule has 0 spiro atoms. The van der Waals surface area contributed by atoms with Gasteiger partial charge in [0.05, 0.1) is 6.54 Å². The minimum Gasteiger partial charge on any atom is -0.325 e. The van der Waals surface area contributed by atoms with Gasteiger partial charge < -0.3 is 5.32 Å². The molecule has 2 atom stereocenters. The Kier molecular flexibility index (Phi) is 5.12. The minimum atomic E-state index is 0.00572. The number of carbonyl (C=O) groups is 2. The quantitative estimate of drug-likeness (QED) is 0.866. The molecule has 114 valence electrons. The third-order valence-electron chi connectivity index (χ3n) is 4.28. The van der Waals surface area contributed by atoms with E-state index in [1.54, 1.807) is 24.3 Å². The summed E-state index contributed by atoms with van der Waals surface area (Å²) in [5.74, 6) is 0.0371. The number of piperidine rings is 1. The van der Waals surface area contributed by atoms with Crippen molar-refractivity contribution in [2.45, 2.75) is 52.1 Å². The van der Waals surface area contributed by atoms with Gasteiger partial charge in [-0.2, -0.15) is 0 Å². The van der Waals surface area contributed by atoms with Crippen LogP contribution in [-0.4, -0.2) is 35.2 Å². The van der Waals surface area contributed by atoms with E-state index in [-0.39, 0.29) is 11.7 Å². The van der Waals surface area contributed by atoms with Crippen LogP contribution >= 0.6 is 0 Å². The Morgan fingerprint density at radius 1 is 1.14 bits per heavy atom. The molecule has 4 heteroatoms. The molecule has 0 aromatic heterocycles. The van der Waals surface area contributed by atoms with Gasteiger partial charge in [0, 0.05) is 23.3 Å². The summed E-state index contributed by atoms with van der Waals surface area (Å²) in [4.78, 5) is 25.7. The molecule has 0 saturated carbocycles. The van der Waals surface area contributed by atoms with Crippen LogP contribution < -0.4 is 5.32 Å². The molecule has 4 nitrogen and oxygen atoms in total. The predicted octanol–water partition coefficient (Wildman–Crippen LogP) is 3.09. The second-order valence-electron chi connectivity index (χ2n) is 5.98. The average Bonchev–Trinajstić information content (AvgIpc) is 2.43. The molecule has 1 amide bonds. The molecule has 1 saturated heterocycles. The number of hydrogen-bond donors (Lipinski definition) is 1. The standard InChI is InChI=1S/C17H24N2O2/c1-12-5-4-6-13(2)19(12)11-17(21)18-16-9-7-15(8-10-16)14(3)20/h7-10,12-13H,4-6,11H2,1-3H3,(H,18,21). The van der Waals surface area contributed by atoms with E-state index in [0.717, 1.165) is 18.5 Å². The largest absolute Gasteiger partial charge is 0.325 e. The third kappa shape index (κ3) is 4.14. The first-order valence-corrected chi connectivity index (χ1v) is 7.64. The summed E-state index contributed by atoms with van der Waals surface area (Å²) in [6.07, 6.45) is 3.56. The lowest BCUT2D eigenvalue weighted by Crippen LogP contribution is -2.47. The zero-order valence-electron chi connectivity index (χ0n) is 13.1. The Balaban J connectivity index is 1.93. The molecule has 1 aliphatic heterocycles. The summed E-state index contributed by atoms with van der Waals surface area (Å²) >= 11 is 0. The first kappa shape index (κ1) is 15.7. The van der Waals surface area contributed by atoms with Gasteiger partial charge in [0.25, 0.3) is 0 Å². The SMILES string of the molecule is CC(=O)c1ccc(NC(=O)CN2C(C)CCCC2C)cc1. The summed E-state index contributed by atoms with van der Waals surface area (Å²) in [7, 11) is 0. The second kappa shape index (κ2) is 6.85. The first-order chi connectivity index (χ1) is 9.97. The van der Waals surface area contributed by atoms with Crippen LogP contribution in [0.3, 0.4) is 0 Å². The van der Waals surface area contributed by atoms with Crippen molar-refractivity contribution in [2.75, 3.05) is 11.9 Å². The minimum absolute atomic E-state index is 0.00572. The molecule has 1 heterocycles. The van der Waals surface area contributed by atoms with Gasteiger partial charge >= 0.3 is 0 Å². The van der Waals surface area contributed by atoms with Gasteiger partial charge in [-0.25, -0.2) is 0 Å². The number of ketones is 1. The van der Waals surface area contributed by atoms with Gasteiger partial charge in [-0.1, -0.05) is 6.42 Å². The van der Waals surface area contributed by atoms with Crippen molar-refractivity contribution in [1.82, 2.24) is 4.90 Å². The van der Waals surface area contributed by atoms with E-state index in [4.69, 9.17) is 0 Å². The van der Waals surface area contributed by atoms with Gasteiger partial charge in [0.1, 0.15) is 0 Å². The molecule has 1 N–H and O–H groups in total. The average molecular weight is 288 g/mol. The van der Waals surface area contributed by atoms with E-state index >= 15 is 0 Å². The van der Waals surface area contributed by atoms with E-state index in [1.807, 2.05) is 0 Å². The number of nitrogens with zero attached hydrogens (tertiary/aromatic N) is 1. The summed E-state index contributed by atoms with van der Waals surface area (Å²) in [5.41, 5.74) is 1.40. The number of anilines is 1. The first-order valence-electron chi connectivity index (χ1n) is 7.64. The molecule has 1 aromatic carbocycles. The van der Waals surface area contributed by atoms with Gasteiger partial charge in [-0.3, -0.25) is 14.5 Å². The number of amides is 1. The molecule has 1 aliphatic rings. The van der Waals surface area contributed by atoms with Crippen LogP contribution in [0.25, 0.3) is 0 Å². The number of rotatable bonds is 4. The maximum absolute atomic E-state index is 12.2. The van der Waals surface area contributed by atoms with Gasteiger partial charge in [0.2, 0.25) is 5.91 Å². The van der Waals surface area contributed by atoms with Crippen molar-refractivity contribution in [3.8, 4) is 0 Å². The predicted molar refractivity (Wildman–Crippen MR) is 84.6 cm³/mol. The molecule has 21 heavy (non-hydrogen) atoms. The number of likely N-dealkylation sites (tertiary alicyclic amines) is 1. The fourth-order valence-corrected chi connectivity index (χ4v) is 2.94. The monoisotopic (exact) mass is 288 g/mol. The summed E-state index contributed by atoms with van der Waals surface area (Å²) < 4.78 is 0. The van der Waals surface area contributed by atoms with Gasteiger partial charge in [-0.15, -0.1) is 0 Å². The van der Waals surface area contributed by atoms with E-state index in [9.17, 15) is 9.59 Å². The van der Waals surface area contributed by atoms with E-state index in [1.165, 1.54) is 13.3 Å². The Bertz CT molecular complexity index is 500. The van der Waals surface area contributed by atoms with Crippen LogP contribution in [0.5, 0.6) is 0 Å². The van der Waals surface area contributed by atoms with Crippen molar-refractivity contribution in [2.24, 2.45) is 0 Å². The Morgan fingerprint density at radius 2 is 1.71 bits per heavy atom. The van der Waals surface area contributed by atoms with Crippen LogP contribution in [0, 0.1) is 0 Å². The van der Waals surface area contributed by atoms with E-state index in [2.05, 4.69) is 24.1 Å². The van der Waals surface area contributed by atoms with Crippen LogP contribution in [-0.2, 0) is 4.79 Å². The van der Waals surface area contributed by atoms with Gasteiger partial charge in [-0.05, 0) is 57.9 Å². The molecule has 1 aromatic rings. The van der Waals surface area contributed by atoms with Gasteiger partial charge in [0.15, 0.2) is 5.78 Å². The normalized spacial score (nSPS) is 22.8. The van der Waals surface area contributed by atoms with Crippen LogP contribution in [0.4, 0.5) is 5.69 Å². The van der Waals surface area contributed by atoms with E-state index in [0.29, 0.717) is 24.2 Å². The second-order valence-corrected chi connectivity index (χ2v) is 5.98. The van der Waals surface area contributed by atoms with Crippen molar-refractivity contribution >= 4 is 17.4 Å². The maximum atomic E-state index is 12.2. The molecule has 0 bridgehead atoms. The molecule has 2 unspecified atom stereocenters. The molecule has 2 rings (SSSR count). The number of nitrogens with one attached hydrogen (secondary N) is 1. The zero-order chi connectivity index (χ0) is 15.4. The van der Waals surface area contributed by atoms with Crippen molar-refractivity contribution in [3.63, 3.8) is 0 Å².